The highest BCUT2D eigenvalue weighted by atomic mass is 16.5. The quantitative estimate of drug-likeness (QED) is 0.774. The van der Waals surface area contributed by atoms with Gasteiger partial charge in [-0.1, -0.05) is 37.3 Å². The zero-order chi connectivity index (χ0) is 17.3. The van der Waals surface area contributed by atoms with E-state index in [1.165, 1.54) is 11.1 Å². The van der Waals surface area contributed by atoms with Gasteiger partial charge < -0.3 is 19.7 Å². The maximum atomic E-state index is 5.86. The molecule has 1 aromatic rings. The highest BCUT2D eigenvalue weighted by Gasteiger charge is 2.12. The Balaban J connectivity index is 1.47. The average Bonchev–Trinajstić information content (AvgIpc) is 2.68. The van der Waals surface area contributed by atoms with E-state index in [4.69, 9.17) is 9.47 Å². The van der Waals surface area contributed by atoms with Gasteiger partial charge in [0.15, 0.2) is 0 Å². The summed E-state index contributed by atoms with van der Waals surface area (Å²) in [4.78, 5) is 2.11. The lowest BCUT2D eigenvalue weighted by molar-refractivity contribution is 0.259. The molecule has 1 heterocycles. The predicted octanol–water partition coefficient (Wildman–Crippen LogP) is 4.10. The maximum Gasteiger partial charge on any atom is 0.145 e. The molecule has 0 saturated carbocycles. The first kappa shape index (κ1) is 17.4. The summed E-state index contributed by atoms with van der Waals surface area (Å²) in [6.07, 6.45) is 14.2. The minimum atomic E-state index is 0.625. The number of hydrogen-bond donors (Lipinski definition) is 1. The first-order valence-electron chi connectivity index (χ1n) is 8.94. The van der Waals surface area contributed by atoms with Crippen LogP contribution in [0, 0.1) is 0 Å². The highest BCUT2D eigenvalue weighted by Crippen LogP contribution is 2.24. The van der Waals surface area contributed by atoms with Gasteiger partial charge in [0.05, 0.1) is 6.54 Å². The van der Waals surface area contributed by atoms with Crippen LogP contribution in [-0.2, 0) is 11.3 Å². The van der Waals surface area contributed by atoms with E-state index in [2.05, 4.69) is 47.5 Å². The second kappa shape index (κ2) is 9.14. The maximum absolute atomic E-state index is 5.86. The van der Waals surface area contributed by atoms with Crippen LogP contribution < -0.4 is 10.1 Å². The van der Waals surface area contributed by atoms with Crippen molar-refractivity contribution in [2.75, 3.05) is 19.7 Å². The Hall–Kier alpha value is -2.46. The minimum Gasteiger partial charge on any atom is -0.492 e. The molecule has 1 aliphatic heterocycles. The number of benzene rings is 1. The molecule has 0 aromatic heterocycles. The first-order chi connectivity index (χ1) is 12.3. The van der Waals surface area contributed by atoms with Gasteiger partial charge >= 0.3 is 0 Å². The smallest absolute Gasteiger partial charge is 0.145 e. The van der Waals surface area contributed by atoms with Gasteiger partial charge in [0.25, 0.3) is 0 Å². The Morgan fingerprint density at radius 1 is 1.24 bits per heavy atom. The van der Waals surface area contributed by atoms with Crippen LogP contribution in [0.3, 0.4) is 0 Å². The molecule has 0 fully saturated rings. The van der Waals surface area contributed by atoms with E-state index < -0.39 is 0 Å². The third-order valence-electron chi connectivity index (χ3n) is 4.18. The third kappa shape index (κ3) is 5.26. The molecule has 3 rings (SSSR count). The summed E-state index contributed by atoms with van der Waals surface area (Å²) in [5, 5.41) is 3.32. The molecule has 0 spiro atoms. The predicted molar refractivity (Wildman–Crippen MR) is 101 cm³/mol. The Morgan fingerprint density at radius 2 is 2.12 bits per heavy atom. The molecule has 4 nitrogen and oxygen atoms in total. The fourth-order valence-corrected chi connectivity index (χ4v) is 2.75. The first-order valence-corrected chi connectivity index (χ1v) is 8.94. The molecule has 25 heavy (non-hydrogen) atoms. The fourth-order valence-electron chi connectivity index (χ4n) is 2.75. The molecule has 0 atom stereocenters. The minimum absolute atomic E-state index is 0.625. The lowest BCUT2D eigenvalue weighted by atomic mass is 10.0. The summed E-state index contributed by atoms with van der Waals surface area (Å²) in [6, 6.07) is 8.27. The lowest BCUT2D eigenvalue weighted by Gasteiger charge is -2.23. The molecular formula is C21H26N2O2. The van der Waals surface area contributed by atoms with Crippen LogP contribution in [0.5, 0.6) is 5.75 Å². The van der Waals surface area contributed by atoms with Gasteiger partial charge in [0.2, 0.25) is 0 Å². The SMILES string of the molecule is CCNCc1ccc(OCCN2C=COC(C3=CC=CCC3)=C2)cc1. The molecule has 0 bridgehead atoms. The van der Waals surface area contributed by atoms with E-state index in [1.54, 1.807) is 6.26 Å². The van der Waals surface area contributed by atoms with Gasteiger partial charge in [-0.25, -0.2) is 0 Å². The van der Waals surface area contributed by atoms with E-state index in [0.29, 0.717) is 6.61 Å². The molecule has 132 valence electrons. The molecule has 0 saturated heterocycles. The largest absolute Gasteiger partial charge is 0.492 e. The van der Waals surface area contributed by atoms with Crippen molar-refractivity contribution in [3.05, 3.63) is 78.1 Å². The Bertz CT molecular complexity index is 672. The van der Waals surface area contributed by atoms with Crippen LogP contribution in [0.1, 0.15) is 25.3 Å². The number of hydrogen-bond acceptors (Lipinski definition) is 4. The van der Waals surface area contributed by atoms with Crippen molar-refractivity contribution in [1.29, 1.82) is 0 Å². The van der Waals surface area contributed by atoms with Crippen LogP contribution in [0.25, 0.3) is 0 Å². The summed E-state index contributed by atoms with van der Waals surface area (Å²) < 4.78 is 11.5. The number of nitrogens with zero attached hydrogens (tertiary/aromatic N) is 1. The average molecular weight is 338 g/mol. The number of allylic oxidation sites excluding steroid dienone is 4. The van der Waals surface area contributed by atoms with Crippen LogP contribution in [0.4, 0.5) is 0 Å². The monoisotopic (exact) mass is 338 g/mol. The zero-order valence-corrected chi connectivity index (χ0v) is 14.8. The van der Waals surface area contributed by atoms with Crippen LogP contribution in [0.2, 0.25) is 0 Å². The van der Waals surface area contributed by atoms with Gasteiger partial charge in [-0.15, -0.1) is 0 Å². The van der Waals surface area contributed by atoms with E-state index in [0.717, 1.165) is 44.0 Å². The van der Waals surface area contributed by atoms with Gasteiger partial charge in [-0.3, -0.25) is 0 Å². The summed E-state index contributed by atoms with van der Waals surface area (Å²) in [5.74, 6) is 1.83. The topological polar surface area (TPSA) is 33.7 Å². The molecule has 0 amide bonds. The lowest BCUT2D eigenvalue weighted by Crippen LogP contribution is -2.21. The van der Waals surface area contributed by atoms with E-state index in [-0.39, 0.29) is 0 Å². The Kier molecular flexibility index (Phi) is 6.35. The summed E-state index contributed by atoms with van der Waals surface area (Å²) >= 11 is 0. The normalized spacial score (nSPS) is 16.3. The molecule has 0 unspecified atom stereocenters. The van der Waals surface area contributed by atoms with Crippen molar-refractivity contribution in [2.24, 2.45) is 0 Å². The fraction of sp³-hybridized carbons (Fsp3) is 0.333. The second-order valence-electron chi connectivity index (χ2n) is 6.07. The zero-order valence-electron chi connectivity index (χ0n) is 14.8. The van der Waals surface area contributed by atoms with E-state index in [9.17, 15) is 0 Å². The van der Waals surface area contributed by atoms with Crippen molar-refractivity contribution in [1.82, 2.24) is 10.2 Å². The van der Waals surface area contributed by atoms with Gasteiger partial charge in [-0.2, -0.15) is 0 Å². The van der Waals surface area contributed by atoms with Crippen molar-refractivity contribution >= 4 is 0 Å². The molecule has 1 N–H and O–H groups in total. The van der Waals surface area contributed by atoms with Gasteiger partial charge in [0, 0.05) is 18.9 Å². The van der Waals surface area contributed by atoms with Crippen molar-refractivity contribution < 1.29 is 9.47 Å². The second-order valence-corrected chi connectivity index (χ2v) is 6.07. The standard InChI is InChI=1S/C21H26N2O2/c1-2-22-16-18-8-10-20(11-9-18)24-14-12-23-13-15-25-21(17-23)19-6-4-3-5-7-19/h3-4,6,8-11,13,15,17,22H,2,5,7,12,14,16H2,1H3. The van der Waals surface area contributed by atoms with Crippen molar-refractivity contribution in [3.8, 4) is 5.75 Å². The number of nitrogens with one attached hydrogen (secondary N) is 1. The molecule has 4 heteroatoms. The Morgan fingerprint density at radius 3 is 2.88 bits per heavy atom. The van der Waals surface area contributed by atoms with E-state index in [1.807, 2.05) is 24.5 Å². The molecule has 1 aliphatic carbocycles. The van der Waals surface area contributed by atoms with Gasteiger partial charge in [-0.05, 0) is 42.7 Å². The summed E-state index contributed by atoms with van der Waals surface area (Å²) in [7, 11) is 0. The Labute approximate surface area is 150 Å². The molecular weight excluding hydrogens is 312 g/mol. The summed E-state index contributed by atoms with van der Waals surface area (Å²) in [6.45, 7) is 5.39. The number of rotatable bonds is 8. The van der Waals surface area contributed by atoms with Crippen molar-refractivity contribution in [3.63, 3.8) is 0 Å². The van der Waals surface area contributed by atoms with Crippen LogP contribution in [-0.4, -0.2) is 24.6 Å². The van der Waals surface area contributed by atoms with Crippen LogP contribution >= 0.6 is 0 Å². The molecule has 1 aromatic carbocycles. The number of ether oxygens (including phenoxy) is 2. The van der Waals surface area contributed by atoms with Crippen molar-refractivity contribution in [2.45, 2.75) is 26.3 Å². The highest BCUT2D eigenvalue weighted by molar-refractivity contribution is 5.33. The van der Waals surface area contributed by atoms with Crippen LogP contribution in [0.15, 0.2) is 72.5 Å². The third-order valence-corrected chi connectivity index (χ3v) is 4.18. The van der Waals surface area contributed by atoms with E-state index >= 15 is 0 Å². The molecule has 2 aliphatic rings. The summed E-state index contributed by atoms with van der Waals surface area (Å²) in [5.41, 5.74) is 2.52. The van der Waals surface area contributed by atoms with Gasteiger partial charge in [0.1, 0.15) is 24.4 Å². The molecule has 0 radical (unpaired) electrons.